The molecule has 0 bridgehead atoms. The molecule has 4 nitrogen and oxygen atoms in total. The van der Waals surface area contributed by atoms with Gasteiger partial charge in [-0.25, -0.2) is 0 Å². The Bertz CT molecular complexity index is 559. The van der Waals surface area contributed by atoms with Gasteiger partial charge in [-0.3, -0.25) is 14.5 Å². The summed E-state index contributed by atoms with van der Waals surface area (Å²) in [5.41, 5.74) is 7.13. The molecule has 1 heterocycles. The second-order valence-corrected chi connectivity index (χ2v) is 5.98. The van der Waals surface area contributed by atoms with Gasteiger partial charge in [0.05, 0.1) is 11.1 Å². The Kier molecular flexibility index (Phi) is 2.62. The van der Waals surface area contributed by atoms with Crippen molar-refractivity contribution in [3.8, 4) is 0 Å². The fraction of sp³-hybridized carbons (Fsp3) is 0.467. The lowest BCUT2D eigenvalue weighted by Crippen LogP contribution is -2.38. The highest BCUT2D eigenvalue weighted by Crippen LogP contribution is 2.40. The summed E-state index contributed by atoms with van der Waals surface area (Å²) in [5, 5.41) is 0. The number of carbonyl (C=O) groups excluding carboxylic acids is 2. The van der Waals surface area contributed by atoms with Crippen LogP contribution in [0.3, 0.4) is 0 Å². The number of benzene rings is 1. The predicted molar refractivity (Wildman–Crippen MR) is 72.8 cm³/mol. The highest BCUT2D eigenvalue weighted by atomic mass is 16.2. The van der Waals surface area contributed by atoms with Crippen molar-refractivity contribution in [1.29, 1.82) is 0 Å². The van der Waals surface area contributed by atoms with Gasteiger partial charge in [-0.05, 0) is 30.4 Å². The smallest absolute Gasteiger partial charge is 0.263 e. The third-order valence-corrected chi connectivity index (χ3v) is 4.38. The Labute approximate surface area is 112 Å². The number of amides is 2. The molecule has 1 aromatic rings. The highest BCUT2D eigenvalue weighted by molar-refractivity contribution is 6.23. The fourth-order valence-electron chi connectivity index (χ4n) is 3.27. The third-order valence-electron chi connectivity index (χ3n) is 4.38. The predicted octanol–water partition coefficient (Wildman–Crippen LogP) is 2.45. The van der Waals surface area contributed by atoms with E-state index < -0.39 is 0 Å². The molecule has 0 unspecified atom stereocenters. The Morgan fingerprint density at radius 3 is 2.53 bits per heavy atom. The van der Waals surface area contributed by atoms with Gasteiger partial charge in [-0.2, -0.15) is 0 Å². The van der Waals surface area contributed by atoms with Crippen molar-refractivity contribution in [3.63, 3.8) is 0 Å². The molecule has 0 saturated heterocycles. The van der Waals surface area contributed by atoms with E-state index in [9.17, 15) is 9.59 Å². The van der Waals surface area contributed by atoms with E-state index in [0.717, 1.165) is 12.8 Å². The lowest BCUT2D eigenvalue weighted by Gasteiger charge is -2.28. The first kappa shape index (κ1) is 12.2. The molecule has 1 aliphatic heterocycles. The monoisotopic (exact) mass is 258 g/mol. The highest BCUT2D eigenvalue weighted by Gasteiger charge is 2.41. The van der Waals surface area contributed by atoms with Crippen molar-refractivity contribution in [2.24, 2.45) is 5.41 Å². The zero-order valence-electron chi connectivity index (χ0n) is 11.1. The van der Waals surface area contributed by atoms with Crippen molar-refractivity contribution in [2.75, 3.05) is 12.3 Å². The summed E-state index contributed by atoms with van der Waals surface area (Å²) in [6.45, 7) is 2.67. The maximum Gasteiger partial charge on any atom is 0.263 e. The van der Waals surface area contributed by atoms with E-state index in [1.165, 1.54) is 17.7 Å². The first-order valence-corrected chi connectivity index (χ1v) is 6.77. The van der Waals surface area contributed by atoms with Gasteiger partial charge in [0.1, 0.15) is 0 Å². The molecule has 1 aliphatic carbocycles. The summed E-state index contributed by atoms with van der Waals surface area (Å²) in [6.07, 6.45) is 4.52. The molecule has 0 radical (unpaired) electrons. The van der Waals surface area contributed by atoms with E-state index in [-0.39, 0.29) is 17.2 Å². The van der Waals surface area contributed by atoms with Crippen LogP contribution in [0.5, 0.6) is 0 Å². The van der Waals surface area contributed by atoms with Gasteiger partial charge < -0.3 is 5.73 Å². The molecular weight excluding hydrogens is 240 g/mol. The van der Waals surface area contributed by atoms with Crippen LogP contribution in [-0.4, -0.2) is 23.3 Å². The van der Waals surface area contributed by atoms with Crippen LogP contribution in [0.1, 0.15) is 53.3 Å². The van der Waals surface area contributed by atoms with E-state index in [0.29, 0.717) is 23.4 Å². The summed E-state index contributed by atoms with van der Waals surface area (Å²) < 4.78 is 0. The first-order valence-electron chi connectivity index (χ1n) is 6.77. The van der Waals surface area contributed by atoms with Gasteiger partial charge in [-0.15, -0.1) is 0 Å². The number of anilines is 1. The first-order chi connectivity index (χ1) is 9.02. The Morgan fingerprint density at radius 2 is 1.89 bits per heavy atom. The minimum atomic E-state index is -0.230. The van der Waals surface area contributed by atoms with Crippen molar-refractivity contribution in [1.82, 2.24) is 4.90 Å². The quantitative estimate of drug-likeness (QED) is 0.654. The van der Waals surface area contributed by atoms with Crippen LogP contribution in [-0.2, 0) is 0 Å². The normalized spacial score (nSPS) is 21.0. The fourth-order valence-corrected chi connectivity index (χ4v) is 3.27. The molecule has 2 N–H and O–H groups in total. The maximum absolute atomic E-state index is 12.4. The number of hydrogen-bond donors (Lipinski definition) is 1. The summed E-state index contributed by atoms with van der Waals surface area (Å²) in [4.78, 5) is 26.1. The van der Waals surface area contributed by atoms with Crippen LogP contribution in [0.15, 0.2) is 18.2 Å². The number of carbonyl (C=O) groups is 2. The summed E-state index contributed by atoms with van der Waals surface area (Å²) in [6, 6.07) is 5.08. The maximum atomic E-state index is 12.4. The van der Waals surface area contributed by atoms with Gasteiger partial charge in [0.15, 0.2) is 0 Å². The van der Waals surface area contributed by atoms with Crippen LogP contribution in [0.25, 0.3) is 0 Å². The largest absolute Gasteiger partial charge is 0.398 e. The molecule has 19 heavy (non-hydrogen) atoms. The van der Waals surface area contributed by atoms with Gasteiger partial charge >= 0.3 is 0 Å². The molecule has 3 rings (SSSR count). The number of fused-ring (bicyclic) bond motifs is 1. The molecule has 4 heteroatoms. The number of imide groups is 1. The molecular formula is C15H18N2O2. The van der Waals surface area contributed by atoms with Gasteiger partial charge in [0.2, 0.25) is 0 Å². The van der Waals surface area contributed by atoms with Crippen LogP contribution in [0.4, 0.5) is 5.69 Å². The Balaban J connectivity index is 1.92. The van der Waals surface area contributed by atoms with Crippen LogP contribution >= 0.6 is 0 Å². The van der Waals surface area contributed by atoms with Crippen LogP contribution in [0, 0.1) is 5.41 Å². The second kappa shape index (κ2) is 4.08. The summed E-state index contributed by atoms with van der Waals surface area (Å²) >= 11 is 0. The van der Waals surface area contributed by atoms with E-state index in [1.54, 1.807) is 18.2 Å². The molecule has 2 amide bonds. The van der Waals surface area contributed by atoms with Crippen LogP contribution < -0.4 is 5.73 Å². The van der Waals surface area contributed by atoms with E-state index in [2.05, 4.69) is 6.92 Å². The standard InChI is InChI=1S/C15H18N2O2/c1-15(7-2-3-8-15)9-17-13(18)10-5-4-6-11(16)12(10)14(17)19/h4-6H,2-3,7-9,16H2,1H3. The zero-order chi connectivity index (χ0) is 13.6. The van der Waals surface area contributed by atoms with E-state index in [1.807, 2.05) is 0 Å². The lowest BCUT2D eigenvalue weighted by molar-refractivity contribution is 0.0583. The van der Waals surface area contributed by atoms with Crippen molar-refractivity contribution >= 4 is 17.5 Å². The molecule has 1 aromatic carbocycles. The molecule has 0 spiro atoms. The van der Waals surface area contributed by atoms with Crippen LogP contribution in [0.2, 0.25) is 0 Å². The number of nitrogens with two attached hydrogens (primary N) is 1. The Morgan fingerprint density at radius 1 is 1.21 bits per heavy atom. The third kappa shape index (κ3) is 1.82. The Hall–Kier alpha value is -1.84. The van der Waals surface area contributed by atoms with E-state index in [4.69, 9.17) is 5.73 Å². The summed E-state index contributed by atoms with van der Waals surface area (Å²) in [7, 11) is 0. The second-order valence-electron chi connectivity index (χ2n) is 5.98. The molecule has 2 aliphatic rings. The zero-order valence-corrected chi connectivity index (χ0v) is 11.1. The number of nitrogens with zero attached hydrogens (tertiary/aromatic N) is 1. The average molecular weight is 258 g/mol. The van der Waals surface area contributed by atoms with E-state index >= 15 is 0 Å². The van der Waals surface area contributed by atoms with Gasteiger partial charge in [-0.1, -0.05) is 25.8 Å². The number of nitrogen functional groups attached to an aromatic ring is 1. The lowest BCUT2D eigenvalue weighted by atomic mass is 9.88. The minimum absolute atomic E-state index is 0.0716. The van der Waals surface area contributed by atoms with Gasteiger partial charge in [0.25, 0.3) is 11.8 Å². The minimum Gasteiger partial charge on any atom is -0.398 e. The number of hydrogen-bond acceptors (Lipinski definition) is 3. The van der Waals surface area contributed by atoms with Crippen molar-refractivity contribution < 1.29 is 9.59 Å². The average Bonchev–Trinajstić information content (AvgIpc) is 2.89. The summed E-state index contributed by atoms with van der Waals surface area (Å²) in [5.74, 6) is -0.424. The van der Waals surface area contributed by atoms with Crippen molar-refractivity contribution in [2.45, 2.75) is 32.6 Å². The van der Waals surface area contributed by atoms with Crippen molar-refractivity contribution in [3.05, 3.63) is 29.3 Å². The SMILES string of the molecule is CC1(CN2C(=O)c3cccc(N)c3C2=O)CCCC1. The molecule has 0 aromatic heterocycles. The topological polar surface area (TPSA) is 63.4 Å². The number of rotatable bonds is 2. The molecule has 1 saturated carbocycles. The molecule has 1 fully saturated rings. The molecule has 0 atom stereocenters. The molecule has 100 valence electrons. The van der Waals surface area contributed by atoms with Gasteiger partial charge in [0, 0.05) is 12.2 Å².